The van der Waals surface area contributed by atoms with Gasteiger partial charge in [0.25, 0.3) is 0 Å². The molecule has 0 radical (unpaired) electrons. The zero-order valence-corrected chi connectivity index (χ0v) is 19.2. The maximum atomic E-state index is 12.7. The molecule has 0 aliphatic carbocycles. The van der Waals surface area contributed by atoms with Crippen molar-refractivity contribution in [2.45, 2.75) is 65.6 Å². The van der Waals surface area contributed by atoms with Gasteiger partial charge in [-0.05, 0) is 49.4 Å². The van der Waals surface area contributed by atoms with Gasteiger partial charge in [0, 0.05) is 37.2 Å². The van der Waals surface area contributed by atoms with E-state index in [9.17, 15) is 9.59 Å². The molecular weight excluding hydrogens is 400 g/mol. The first-order chi connectivity index (χ1) is 14.2. The Hall–Kier alpha value is -2.34. The van der Waals surface area contributed by atoms with Gasteiger partial charge in [0.2, 0.25) is 11.8 Å². The number of hydrogen-bond donors (Lipinski definition) is 1. The molecule has 0 bridgehead atoms. The number of nitrogens with zero attached hydrogens (tertiary/aromatic N) is 3. The number of benzene rings is 1. The summed E-state index contributed by atoms with van der Waals surface area (Å²) in [7, 11) is 1.78. The fraction of sp³-hybridized carbons (Fsp3) is 0.522. The van der Waals surface area contributed by atoms with E-state index in [2.05, 4.69) is 31.2 Å². The standard InChI is InChI=1S/C23H31ClN4O2/c1-14(2)13-28-16(4)19(15(3)26-28)10-11-21(29)25-20-12-22(30)27(5)23(20)17-6-8-18(24)9-7-17/h6-9,14,20,23H,10-13H2,1-5H3,(H,25,29)/t20-,23+/m0/s1. The molecule has 1 fully saturated rings. The van der Waals surface area contributed by atoms with Gasteiger partial charge < -0.3 is 10.2 Å². The van der Waals surface area contributed by atoms with Crippen LogP contribution < -0.4 is 5.32 Å². The van der Waals surface area contributed by atoms with Gasteiger partial charge in [-0.2, -0.15) is 5.10 Å². The molecule has 1 aliphatic rings. The monoisotopic (exact) mass is 430 g/mol. The highest BCUT2D eigenvalue weighted by atomic mass is 35.5. The maximum absolute atomic E-state index is 12.7. The molecule has 0 spiro atoms. The van der Waals surface area contributed by atoms with E-state index in [1.807, 2.05) is 35.9 Å². The van der Waals surface area contributed by atoms with Crippen molar-refractivity contribution in [3.8, 4) is 0 Å². The molecule has 2 heterocycles. The molecule has 1 saturated heterocycles. The molecule has 6 nitrogen and oxygen atoms in total. The Kier molecular flexibility index (Phi) is 6.86. The van der Waals surface area contributed by atoms with E-state index in [4.69, 9.17) is 11.6 Å². The van der Waals surface area contributed by atoms with Crippen LogP contribution in [0.5, 0.6) is 0 Å². The highest BCUT2D eigenvalue weighted by Gasteiger charge is 2.39. The minimum Gasteiger partial charge on any atom is -0.350 e. The van der Waals surface area contributed by atoms with Crippen molar-refractivity contribution in [1.29, 1.82) is 0 Å². The number of rotatable bonds is 7. The molecular formula is C23H31ClN4O2. The van der Waals surface area contributed by atoms with Crippen molar-refractivity contribution >= 4 is 23.4 Å². The molecule has 0 saturated carbocycles. The number of carbonyl (C=O) groups excluding carboxylic acids is 2. The zero-order chi connectivity index (χ0) is 22.0. The lowest BCUT2D eigenvalue weighted by molar-refractivity contribution is -0.127. The number of aryl methyl sites for hydroxylation is 1. The average Bonchev–Trinajstić information content (AvgIpc) is 3.09. The molecule has 7 heteroatoms. The summed E-state index contributed by atoms with van der Waals surface area (Å²) in [5, 5.41) is 8.37. The Balaban J connectivity index is 1.66. The van der Waals surface area contributed by atoms with Crippen LogP contribution in [0.25, 0.3) is 0 Å². The second kappa shape index (κ2) is 9.21. The number of carbonyl (C=O) groups is 2. The predicted molar refractivity (Wildman–Crippen MR) is 118 cm³/mol. The molecule has 1 aromatic heterocycles. The number of likely N-dealkylation sites (tertiary alicyclic amines) is 1. The second-order valence-electron chi connectivity index (χ2n) is 8.60. The number of amides is 2. The van der Waals surface area contributed by atoms with Crippen LogP contribution in [0, 0.1) is 19.8 Å². The SMILES string of the molecule is Cc1nn(CC(C)C)c(C)c1CCC(=O)N[C@H]1CC(=O)N(C)[C@@H]1c1ccc(Cl)cc1. The third-order valence-corrected chi connectivity index (χ3v) is 6.07. The molecule has 30 heavy (non-hydrogen) atoms. The summed E-state index contributed by atoms with van der Waals surface area (Å²) < 4.78 is 2.04. The number of halogens is 1. The average molecular weight is 431 g/mol. The highest BCUT2D eigenvalue weighted by Crippen LogP contribution is 2.32. The third-order valence-electron chi connectivity index (χ3n) is 5.82. The van der Waals surface area contributed by atoms with Gasteiger partial charge in [0.05, 0.1) is 17.8 Å². The minimum absolute atomic E-state index is 0.0295. The Morgan fingerprint density at radius 2 is 1.93 bits per heavy atom. The zero-order valence-electron chi connectivity index (χ0n) is 18.4. The molecule has 0 unspecified atom stereocenters. The summed E-state index contributed by atoms with van der Waals surface area (Å²) in [5.74, 6) is 0.500. The summed E-state index contributed by atoms with van der Waals surface area (Å²) in [5.41, 5.74) is 4.22. The van der Waals surface area contributed by atoms with Crippen LogP contribution >= 0.6 is 11.6 Å². The second-order valence-corrected chi connectivity index (χ2v) is 9.04. The molecule has 1 aromatic carbocycles. The maximum Gasteiger partial charge on any atom is 0.225 e. The molecule has 2 amide bonds. The van der Waals surface area contributed by atoms with Gasteiger partial charge in [0.15, 0.2) is 0 Å². The first kappa shape index (κ1) is 22.3. The van der Waals surface area contributed by atoms with Gasteiger partial charge in [-0.3, -0.25) is 14.3 Å². The van der Waals surface area contributed by atoms with Gasteiger partial charge in [0.1, 0.15) is 0 Å². The lowest BCUT2D eigenvalue weighted by atomic mass is 9.99. The Bertz CT molecular complexity index is 920. The molecule has 1 aliphatic heterocycles. The quantitative estimate of drug-likeness (QED) is 0.725. The number of aromatic nitrogens is 2. The van der Waals surface area contributed by atoms with Crippen LogP contribution in [0.4, 0.5) is 0 Å². The first-order valence-electron chi connectivity index (χ1n) is 10.5. The Morgan fingerprint density at radius 1 is 1.27 bits per heavy atom. The number of nitrogens with one attached hydrogen (secondary N) is 1. The summed E-state index contributed by atoms with van der Waals surface area (Å²) >= 11 is 6.00. The van der Waals surface area contributed by atoms with Crippen molar-refractivity contribution in [2.75, 3.05) is 7.05 Å². The number of hydrogen-bond acceptors (Lipinski definition) is 3. The van der Waals surface area contributed by atoms with Crippen LogP contribution in [-0.4, -0.2) is 39.6 Å². The third kappa shape index (κ3) is 4.86. The summed E-state index contributed by atoms with van der Waals surface area (Å²) in [6.45, 7) is 9.27. The molecule has 2 aromatic rings. The Labute approximate surface area is 183 Å². The lowest BCUT2D eigenvalue weighted by Gasteiger charge is -2.26. The Morgan fingerprint density at radius 3 is 2.57 bits per heavy atom. The van der Waals surface area contributed by atoms with Gasteiger partial charge in [-0.1, -0.05) is 37.6 Å². The van der Waals surface area contributed by atoms with E-state index in [-0.39, 0.29) is 23.9 Å². The smallest absolute Gasteiger partial charge is 0.225 e. The molecule has 3 rings (SSSR count). The van der Waals surface area contributed by atoms with E-state index >= 15 is 0 Å². The normalized spacial score (nSPS) is 19.0. The first-order valence-corrected chi connectivity index (χ1v) is 10.9. The van der Waals surface area contributed by atoms with Crippen LogP contribution in [-0.2, 0) is 22.6 Å². The summed E-state index contributed by atoms with van der Waals surface area (Å²) in [6.07, 6.45) is 1.32. The van der Waals surface area contributed by atoms with Crippen LogP contribution in [0.3, 0.4) is 0 Å². The van der Waals surface area contributed by atoms with Crippen LogP contribution in [0.15, 0.2) is 24.3 Å². The van der Waals surface area contributed by atoms with E-state index in [1.54, 1.807) is 11.9 Å². The highest BCUT2D eigenvalue weighted by molar-refractivity contribution is 6.30. The summed E-state index contributed by atoms with van der Waals surface area (Å²) in [4.78, 5) is 26.8. The summed E-state index contributed by atoms with van der Waals surface area (Å²) in [6, 6.07) is 7.02. The molecule has 1 N–H and O–H groups in total. The van der Waals surface area contributed by atoms with Crippen molar-refractivity contribution in [1.82, 2.24) is 20.0 Å². The fourth-order valence-electron chi connectivity index (χ4n) is 4.25. The van der Waals surface area contributed by atoms with Gasteiger partial charge >= 0.3 is 0 Å². The van der Waals surface area contributed by atoms with Crippen molar-refractivity contribution in [3.05, 3.63) is 51.8 Å². The van der Waals surface area contributed by atoms with Crippen molar-refractivity contribution < 1.29 is 9.59 Å². The van der Waals surface area contributed by atoms with Crippen LogP contribution in [0.1, 0.15) is 55.2 Å². The minimum atomic E-state index is -0.248. The van der Waals surface area contributed by atoms with E-state index in [0.29, 0.717) is 30.2 Å². The molecule has 2 atom stereocenters. The largest absolute Gasteiger partial charge is 0.350 e. The van der Waals surface area contributed by atoms with Crippen molar-refractivity contribution in [2.24, 2.45) is 5.92 Å². The van der Waals surface area contributed by atoms with E-state index in [0.717, 1.165) is 29.1 Å². The van der Waals surface area contributed by atoms with E-state index in [1.165, 1.54) is 0 Å². The fourth-order valence-corrected chi connectivity index (χ4v) is 4.38. The topological polar surface area (TPSA) is 67.2 Å². The number of likely N-dealkylation sites (N-methyl/N-ethyl adjacent to an activating group) is 1. The van der Waals surface area contributed by atoms with Gasteiger partial charge in [-0.15, -0.1) is 0 Å². The van der Waals surface area contributed by atoms with Crippen molar-refractivity contribution in [3.63, 3.8) is 0 Å². The lowest BCUT2D eigenvalue weighted by Crippen LogP contribution is -2.39. The van der Waals surface area contributed by atoms with Crippen LogP contribution in [0.2, 0.25) is 5.02 Å². The molecule has 162 valence electrons. The van der Waals surface area contributed by atoms with Gasteiger partial charge in [-0.25, -0.2) is 0 Å². The predicted octanol–water partition coefficient (Wildman–Crippen LogP) is 3.83. The van der Waals surface area contributed by atoms with E-state index < -0.39 is 0 Å².